The Hall–Kier alpha value is -0.560. The summed E-state index contributed by atoms with van der Waals surface area (Å²) in [6.07, 6.45) is 10.3. The van der Waals surface area contributed by atoms with E-state index in [9.17, 15) is 5.11 Å². The van der Waals surface area contributed by atoms with Gasteiger partial charge in [-0.2, -0.15) is 0 Å². The first-order valence-corrected chi connectivity index (χ1v) is 4.32. The second-order valence-corrected chi connectivity index (χ2v) is 3.00. The van der Waals surface area contributed by atoms with E-state index in [2.05, 4.69) is 12.2 Å². The average Bonchev–Trinajstić information content (AvgIpc) is 2.03. The van der Waals surface area contributed by atoms with Crippen LogP contribution in [0.25, 0.3) is 0 Å². The zero-order chi connectivity index (χ0) is 8.10. The van der Waals surface area contributed by atoms with Crippen molar-refractivity contribution in [3.63, 3.8) is 0 Å². The minimum absolute atomic E-state index is 0.167. The van der Waals surface area contributed by atoms with E-state index in [0.29, 0.717) is 0 Å². The Labute approximate surface area is 68.4 Å². The summed E-state index contributed by atoms with van der Waals surface area (Å²) >= 11 is 0. The van der Waals surface area contributed by atoms with Crippen LogP contribution in [0.5, 0.6) is 0 Å². The molecule has 62 valence electrons. The predicted octanol–water partition coefficient (Wildman–Crippen LogP) is 2.42. The zero-order valence-electron chi connectivity index (χ0n) is 7.09. The van der Waals surface area contributed by atoms with Gasteiger partial charge < -0.3 is 5.11 Å². The van der Waals surface area contributed by atoms with Crippen molar-refractivity contribution in [2.75, 3.05) is 0 Å². The summed E-state index contributed by atoms with van der Waals surface area (Å²) in [4.78, 5) is 0. The van der Waals surface area contributed by atoms with Gasteiger partial charge in [0.2, 0.25) is 0 Å². The molecule has 1 N–H and O–H groups in total. The van der Waals surface area contributed by atoms with Gasteiger partial charge in [-0.05, 0) is 38.2 Å². The van der Waals surface area contributed by atoms with Crippen LogP contribution in [0.4, 0.5) is 0 Å². The van der Waals surface area contributed by atoms with Gasteiger partial charge in [-0.1, -0.05) is 18.2 Å². The fourth-order valence-corrected chi connectivity index (χ4v) is 1.39. The quantitative estimate of drug-likeness (QED) is 0.602. The Balaban J connectivity index is 2.46. The molecule has 0 aliphatic heterocycles. The molecule has 0 radical (unpaired) electrons. The van der Waals surface area contributed by atoms with Gasteiger partial charge in [-0.25, -0.2) is 0 Å². The van der Waals surface area contributed by atoms with Crippen LogP contribution in [0.3, 0.4) is 0 Å². The number of allylic oxidation sites excluding steroid dienone is 3. The van der Waals surface area contributed by atoms with Gasteiger partial charge in [0, 0.05) is 0 Å². The lowest BCUT2D eigenvalue weighted by atomic mass is 9.94. The van der Waals surface area contributed by atoms with E-state index in [1.165, 1.54) is 5.57 Å². The van der Waals surface area contributed by atoms with E-state index in [0.717, 1.165) is 25.7 Å². The molecule has 11 heavy (non-hydrogen) atoms. The fourth-order valence-electron chi connectivity index (χ4n) is 1.39. The molecular weight excluding hydrogens is 136 g/mol. The molecule has 1 nitrogen and oxygen atoms in total. The molecule has 0 spiro atoms. The second kappa shape index (κ2) is 4.35. The van der Waals surface area contributed by atoms with Gasteiger partial charge in [-0.15, -0.1) is 0 Å². The number of hydrogen-bond donors (Lipinski definition) is 1. The van der Waals surface area contributed by atoms with Crippen LogP contribution < -0.4 is 0 Å². The molecule has 0 bridgehead atoms. The summed E-state index contributed by atoms with van der Waals surface area (Å²) < 4.78 is 0. The Morgan fingerprint density at radius 2 is 2.55 bits per heavy atom. The maximum absolute atomic E-state index is 9.49. The van der Waals surface area contributed by atoms with Gasteiger partial charge in [0.25, 0.3) is 0 Å². The molecule has 0 fully saturated rings. The van der Waals surface area contributed by atoms with Crippen molar-refractivity contribution in [1.82, 2.24) is 0 Å². The third-order valence-electron chi connectivity index (χ3n) is 2.11. The van der Waals surface area contributed by atoms with Crippen molar-refractivity contribution in [2.24, 2.45) is 0 Å². The standard InChI is InChI=1S/C10H16O/c1-2-3-6-9-7-4-5-8-10(9)11/h2-3,7,10-11H,4-6,8H2,1H3/b3-2+/t10-/m1/s1. The van der Waals surface area contributed by atoms with Crippen LogP contribution >= 0.6 is 0 Å². The van der Waals surface area contributed by atoms with Crippen LogP contribution in [-0.2, 0) is 0 Å². The van der Waals surface area contributed by atoms with Crippen molar-refractivity contribution in [1.29, 1.82) is 0 Å². The molecule has 1 atom stereocenters. The SMILES string of the molecule is C/C=C/CC1=CCCC[C@H]1O. The van der Waals surface area contributed by atoms with Crippen molar-refractivity contribution in [3.8, 4) is 0 Å². The highest BCUT2D eigenvalue weighted by molar-refractivity contribution is 5.14. The van der Waals surface area contributed by atoms with E-state index in [1.54, 1.807) is 0 Å². The van der Waals surface area contributed by atoms with Gasteiger partial charge >= 0.3 is 0 Å². The fraction of sp³-hybridized carbons (Fsp3) is 0.600. The number of hydrogen-bond acceptors (Lipinski definition) is 1. The van der Waals surface area contributed by atoms with Gasteiger partial charge in [0.1, 0.15) is 0 Å². The summed E-state index contributed by atoms with van der Waals surface area (Å²) in [5.74, 6) is 0. The molecule has 0 amide bonds. The van der Waals surface area contributed by atoms with E-state index < -0.39 is 0 Å². The number of aliphatic hydroxyl groups excluding tert-OH is 1. The molecule has 1 rings (SSSR count). The van der Waals surface area contributed by atoms with E-state index in [-0.39, 0.29) is 6.10 Å². The maximum atomic E-state index is 9.49. The van der Waals surface area contributed by atoms with Gasteiger partial charge in [-0.3, -0.25) is 0 Å². The highest BCUT2D eigenvalue weighted by Gasteiger charge is 2.12. The average molecular weight is 152 g/mol. The molecule has 1 heteroatoms. The summed E-state index contributed by atoms with van der Waals surface area (Å²) in [7, 11) is 0. The summed E-state index contributed by atoms with van der Waals surface area (Å²) in [6.45, 7) is 2.01. The number of rotatable bonds is 2. The third-order valence-corrected chi connectivity index (χ3v) is 2.11. The molecule has 0 aromatic heterocycles. The molecule has 1 aliphatic rings. The largest absolute Gasteiger partial charge is 0.389 e. The summed E-state index contributed by atoms with van der Waals surface area (Å²) in [5, 5.41) is 9.49. The molecule has 0 heterocycles. The molecule has 0 saturated carbocycles. The minimum Gasteiger partial charge on any atom is -0.389 e. The Kier molecular flexibility index (Phi) is 3.37. The summed E-state index contributed by atoms with van der Waals surface area (Å²) in [5.41, 5.74) is 1.20. The normalized spacial score (nSPS) is 25.6. The highest BCUT2D eigenvalue weighted by atomic mass is 16.3. The minimum atomic E-state index is -0.167. The lowest BCUT2D eigenvalue weighted by Crippen LogP contribution is -2.13. The van der Waals surface area contributed by atoms with Crippen LogP contribution in [-0.4, -0.2) is 11.2 Å². The Morgan fingerprint density at radius 1 is 1.73 bits per heavy atom. The van der Waals surface area contributed by atoms with Crippen molar-refractivity contribution >= 4 is 0 Å². The van der Waals surface area contributed by atoms with Crippen molar-refractivity contribution < 1.29 is 5.11 Å². The lowest BCUT2D eigenvalue weighted by Gasteiger charge is -2.17. The summed E-state index contributed by atoms with van der Waals surface area (Å²) in [6, 6.07) is 0. The van der Waals surface area contributed by atoms with Crippen LogP contribution in [0.15, 0.2) is 23.8 Å². The zero-order valence-corrected chi connectivity index (χ0v) is 7.09. The van der Waals surface area contributed by atoms with Crippen LogP contribution in [0, 0.1) is 0 Å². The van der Waals surface area contributed by atoms with E-state index >= 15 is 0 Å². The van der Waals surface area contributed by atoms with E-state index in [4.69, 9.17) is 0 Å². The first-order valence-electron chi connectivity index (χ1n) is 4.32. The lowest BCUT2D eigenvalue weighted by molar-refractivity contribution is 0.189. The van der Waals surface area contributed by atoms with Crippen LogP contribution in [0.1, 0.15) is 32.6 Å². The molecule has 0 saturated heterocycles. The molecule has 0 aromatic carbocycles. The van der Waals surface area contributed by atoms with Gasteiger partial charge in [0.15, 0.2) is 0 Å². The molecule has 1 aliphatic carbocycles. The molecule has 0 unspecified atom stereocenters. The van der Waals surface area contributed by atoms with Crippen molar-refractivity contribution in [2.45, 2.75) is 38.7 Å². The smallest absolute Gasteiger partial charge is 0.0753 e. The first-order chi connectivity index (χ1) is 5.34. The second-order valence-electron chi connectivity index (χ2n) is 3.00. The number of aliphatic hydroxyl groups is 1. The topological polar surface area (TPSA) is 20.2 Å². The third kappa shape index (κ3) is 2.51. The van der Waals surface area contributed by atoms with E-state index in [1.807, 2.05) is 13.0 Å². The predicted molar refractivity (Wildman–Crippen MR) is 47.4 cm³/mol. The first kappa shape index (κ1) is 8.54. The maximum Gasteiger partial charge on any atom is 0.0753 e. The Bertz CT molecular complexity index is 168. The van der Waals surface area contributed by atoms with Gasteiger partial charge in [0.05, 0.1) is 6.10 Å². The Morgan fingerprint density at radius 3 is 3.18 bits per heavy atom. The molecular formula is C10H16O. The molecule has 0 aromatic rings. The monoisotopic (exact) mass is 152 g/mol. The van der Waals surface area contributed by atoms with Crippen molar-refractivity contribution in [3.05, 3.63) is 23.8 Å². The highest BCUT2D eigenvalue weighted by Crippen LogP contribution is 2.20. The van der Waals surface area contributed by atoms with Crippen LogP contribution in [0.2, 0.25) is 0 Å².